The van der Waals surface area contributed by atoms with Gasteiger partial charge in [0.1, 0.15) is 0 Å². The topological polar surface area (TPSA) is 29.3 Å². The molecule has 0 saturated heterocycles. The summed E-state index contributed by atoms with van der Waals surface area (Å²) in [6, 6.07) is 9.51. The molecule has 0 bridgehead atoms. The molecule has 2 atom stereocenters. The molecule has 2 nitrogen and oxygen atoms in total. The van der Waals surface area contributed by atoms with E-state index in [2.05, 4.69) is 64.0 Å². The van der Waals surface area contributed by atoms with E-state index in [1.54, 1.807) is 0 Å². The summed E-state index contributed by atoms with van der Waals surface area (Å²) in [6.45, 7) is 7.51. The Hall–Kier alpha value is -0.860. The van der Waals surface area contributed by atoms with Crippen molar-refractivity contribution in [3.8, 4) is 0 Å². The molecule has 2 heteroatoms. The molecule has 0 aliphatic heterocycles. The summed E-state index contributed by atoms with van der Waals surface area (Å²) in [6.07, 6.45) is 1.06. The van der Waals surface area contributed by atoms with Gasteiger partial charge < -0.3 is 10.6 Å². The minimum absolute atomic E-state index is 0.453. The lowest BCUT2D eigenvalue weighted by molar-refractivity contribution is 0.217. The van der Waals surface area contributed by atoms with E-state index >= 15 is 0 Å². The van der Waals surface area contributed by atoms with Gasteiger partial charge in [0.15, 0.2) is 0 Å². The fourth-order valence-electron chi connectivity index (χ4n) is 2.63. The minimum atomic E-state index is 0.453. The van der Waals surface area contributed by atoms with Gasteiger partial charge in [-0.05, 0) is 50.0 Å². The summed E-state index contributed by atoms with van der Waals surface area (Å²) in [5, 5.41) is 0. The molecule has 1 aromatic rings. The molecule has 2 N–H and O–H groups in total. The fourth-order valence-corrected chi connectivity index (χ4v) is 2.63. The van der Waals surface area contributed by atoms with Crippen LogP contribution in [-0.4, -0.2) is 25.5 Å². The highest BCUT2D eigenvalue weighted by Crippen LogP contribution is 2.29. The zero-order valence-electron chi connectivity index (χ0n) is 12.5. The van der Waals surface area contributed by atoms with Crippen molar-refractivity contribution in [3.05, 3.63) is 35.4 Å². The SMILES string of the molecule is CC(C)c1ccc(C(C(C)CCN)N(C)C)cc1. The number of hydrogen-bond donors (Lipinski definition) is 1. The molecule has 0 saturated carbocycles. The van der Waals surface area contributed by atoms with Gasteiger partial charge in [-0.15, -0.1) is 0 Å². The normalized spacial score (nSPS) is 15.1. The maximum Gasteiger partial charge on any atom is 0.0368 e. The largest absolute Gasteiger partial charge is 0.330 e. The third-order valence-electron chi connectivity index (χ3n) is 3.66. The van der Waals surface area contributed by atoms with Crippen LogP contribution in [0.15, 0.2) is 24.3 Å². The third-order valence-corrected chi connectivity index (χ3v) is 3.66. The molecule has 0 spiro atoms. The molecule has 0 amide bonds. The van der Waals surface area contributed by atoms with E-state index < -0.39 is 0 Å². The fraction of sp³-hybridized carbons (Fsp3) is 0.625. The van der Waals surface area contributed by atoms with E-state index in [4.69, 9.17) is 5.73 Å². The first-order chi connectivity index (χ1) is 8.47. The van der Waals surface area contributed by atoms with Crippen LogP contribution in [0.4, 0.5) is 0 Å². The Morgan fingerprint density at radius 2 is 1.50 bits per heavy atom. The van der Waals surface area contributed by atoms with Gasteiger partial charge in [-0.1, -0.05) is 45.0 Å². The Balaban J connectivity index is 2.92. The summed E-state index contributed by atoms with van der Waals surface area (Å²) >= 11 is 0. The summed E-state index contributed by atoms with van der Waals surface area (Å²) < 4.78 is 0. The quantitative estimate of drug-likeness (QED) is 0.836. The van der Waals surface area contributed by atoms with E-state index in [0.717, 1.165) is 13.0 Å². The Morgan fingerprint density at radius 3 is 1.89 bits per heavy atom. The summed E-state index contributed by atoms with van der Waals surface area (Å²) in [5.74, 6) is 1.17. The molecule has 0 aliphatic rings. The first kappa shape index (κ1) is 15.2. The van der Waals surface area contributed by atoms with Crippen LogP contribution in [0.25, 0.3) is 0 Å². The van der Waals surface area contributed by atoms with Gasteiger partial charge in [-0.2, -0.15) is 0 Å². The predicted octanol–water partition coefficient (Wildman–Crippen LogP) is 3.40. The van der Waals surface area contributed by atoms with Gasteiger partial charge in [0, 0.05) is 6.04 Å². The van der Waals surface area contributed by atoms with Crippen molar-refractivity contribution in [1.29, 1.82) is 0 Å². The van der Waals surface area contributed by atoms with Gasteiger partial charge in [0.25, 0.3) is 0 Å². The monoisotopic (exact) mass is 248 g/mol. The second-order valence-corrected chi connectivity index (χ2v) is 5.78. The van der Waals surface area contributed by atoms with Gasteiger partial charge in [0.2, 0.25) is 0 Å². The lowest BCUT2D eigenvalue weighted by atomic mass is 9.89. The van der Waals surface area contributed by atoms with Crippen molar-refractivity contribution < 1.29 is 0 Å². The van der Waals surface area contributed by atoms with Gasteiger partial charge in [0.05, 0.1) is 0 Å². The number of hydrogen-bond acceptors (Lipinski definition) is 2. The van der Waals surface area contributed by atoms with Crippen LogP contribution < -0.4 is 5.73 Å². The highest BCUT2D eigenvalue weighted by Gasteiger charge is 2.20. The molecule has 1 rings (SSSR count). The van der Waals surface area contributed by atoms with Gasteiger partial charge in [-0.3, -0.25) is 0 Å². The first-order valence-corrected chi connectivity index (χ1v) is 6.93. The van der Waals surface area contributed by atoms with Crippen molar-refractivity contribution in [1.82, 2.24) is 4.90 Å². The van der Waals surface area contributed by atoms with Crippen LogP contribution in [0.1, 0.15) is 50.3 Å². The van der Waals surface area contributed by atoms with E-state index in [1.807, 2.05) is 0 Å². The Labute approximate surface area is 112 Å². The van der Waals surface area contributed by atoms with E-state index in [1.165, 1.54) is 11.1 Å². The van der Waals surface area contributed by atoms with Crippen molar-refractivity contribution in [3.63, 3.8) is 0 Å². The summed E-state index contributed by atoms with van der Waals surface area (Å²) in [7, 11) is 4.29. The molecule has 0 aliphatic carbocycles. The zero-order chi connectivity index (χ0) is 13.7. The number of benzene rings is 1. The van der Waals surface area contributed by atoms with Crippen LogP contribution >= 0.6 is 0 Å². The molecule has 2 unspecified atom stereocenters. The minimum Gasteiger partial charge on any atom is -0.330 e. The van der Waals surface area contributed by atoms with E-state index in [-0.39, 0.29) is 0 Å². The van der Waals surface area contributed by atoms with Crippen LogP contribution in [0.3, 0.4) is 0 Å². The second-order valence-electron chi connectivity index (χ2n) is 5.78. The lowest BCUT2D eigenvalue weighted by Gasteiger charge is -2.30. The Morgan fingerprint density at radius 1 is 1.00 bits per heavy atom. The van der Waals surface area contributed by atoms with E-state index in [9.17, 15) is 0 Å². The molecule has 102 valence electrons. The van der Waals surface area contributed by atoms with Crippen molar-refractivity contribution in [2.45, 2.75) is 39.2 Å². The highest BCUT2D eigenvalue weighted by molar-refractivity contribution is 5.27. The molecule has 0 fully saturated rings. The van der Waals surface area contributed by atoms with Gasteiger partial charge in [-0.25, -0.2) is 0 Å². The molecule has 0 radical (unpaired) electrons. The standard InChI is InChI=1S/C16H28N2/c1-12(2)14-6-8-15(9-7-14)16(18(4)5)13(3)10-11-17/h6-9,12-13,16H,10-11,17H2,1-5H3. The van der Waals surface area contributed by atoms with Crippen molar-refractivity contribution >= 4 is 0 Å². The maximum absolute atomic E-state index is 5.69. The lowest BCUT2D eigenvalue weighted by Crippen LogP contribution is -2.27. The number of rotatable bonds is 6. The summed E-state index contributed by atoms with van der Waals surface area (Å²) in [4.78, 5) is 2.30. The highest BCUT2D eigenvalue weighted by atomic mass is 15.1. The first-order valence-electron chi connectivity index (χ1n) is 6.93. The van der Waals surface area contributed by atoms with Crippen LogP contribution in [-0.2, 0) is 0 Å². The Bertz CT molecular complexity index is 341. The van der Waals surface area contributed by atoms with Crippen LogP contribution in [0.5, 0.6) is 0 Å². The predicted molar refractivity (Wildman–Crippen MR) is 79.8 cm³/mol. The average Bonchev–Trinajstić information content (AvgIpc) is 2.29. The van der Waals surface area contributed by atoms with Crippen molar-refractivity contribution in [2.24, 2.45) is 11.7 Å². The number of nitrogens with two attached hydrogens (primary N) is 1. The second kappa shape index (κ2) is 6.91. The Kier molecular flexibility index (Phi) is 5.83. The van der Waals surface area contributed by atoms with Crippen LogP contribution in [0.2, 0.25) is 0 Å². The molecule has 1 aromatic carbocycles. The average molecular weight is 248 g/mol. The molecule has 18 heavy (non-hydrogen) atoms. The molecule has 0 aromatic heterocycles. The summed E-state index contributed by atoms with van der Waals surface area (Å²) in [5.41, 5.74) is 8.49. The van der Waals surface area contributed by atoms with Crippen molar-refractivity contribution in [2.75, 3.05) is 20.6 Å². The smallest absolute Gasteiger partial charge is 0.0368 e. The zero-order valence-corrected chi connectivity index (χ0v) is 12.5. The molecular weight excluding hydrogens is 220 g/mol. The number of nitrogens with zero attached hydrogens (tertiary/aromatic N) is 1. The molecule has 0 heterocycles. The van der Waals surface area contributed by atoms with E-state index in [0.29, 0.717) is 17.9 Å². The third kappa shape index (κ3) is 3.82. The molecular formula is C16H28N2. The van der Waals surface area contributed by atoms with Crippen LogP contribution in [0, 0.1) is 5.92 Å². The maximum atomic E-state index is 5.69. The van der Waals surface area contributed by atoms with Gasteiger partial charge >= 0.3 is 0 Å².